The quantitative estimate of drug-likeness (QED) is 0.328. The molecule has 0 aliphatic heterocycles. The van der Waals surface area contributed by atoms with E-state index in [1.807, 2.05) is 11.8 Å². The molecular weight excluding hydrogens is 277 g/mol. The lowest BCUT2D eigenvalue weighted by Gasteiger charge is -2.31. The highest BCUT2D eigenvalue weighted by molar-refractivity contribution is 5.97. The van der Waals surface area contributed by atoms with Gasteiger partial charge in [-0.05, 0) is 25.1 Å². The second-order valence-corrected chi connectivity index (χ2v) is 4.64. The van der Waals surface area contributed by atoms with E-state index in [2.05, 4.69) is 5.16 Å². The SMILES string of the molecule is COCCN(c1ccc(C(N)=NO)cc1F)C(C)COC. The zero-order valence-corrected chi connectivity index (χ0v) is 12.5. The average Bonchev–Trinajstić information content (AvgIpc) is 2.48. The predicted molar refractivity (Wildman–Crippen MR) is 79.5 cm³/mol. The minimum atomic E-state index is -0.446. The van der Waals surface area contributed by atoms with E-state index < -0.39 is 5.82 Å². The van der Waals surface area contributed by atoms with Crippen LogP contribution >= 0.6 is 0 Å². The second kappa shape index (κ2) is 8.43. The molecule has 1 unspecified atom stereocenters. The highest BCUT2D eigenvalue weighted by atomic mass is 19.1. The van der Waals surface area contributed by atoms with Crippen molar-refractivity contribution in [2.24, 2.45) is 10.9 Å². The summed E-state index contributed by atoms with van der Waals surface area (Å²) in [6.45, 7) is 3.40. The first-order valence-corrected chi connectivity index (χ1v) is 6.57. The van der Waals surface area contributed by atoms with Crippen molar-refractivity contribution >= 4 is 11.5 Å². The molecule has 0 heterocycles. The fourth-order valence-corrected chi connectivity index (χ4v) is 2.06. The van der Waals surface area contributed by atoms with Crippen molar-refractivity contribution in [3.8, 4) is 0 Å². The van der Waals surface area contributed by atoms with Crippen molar-refractivity contribution in [1.82, 2.24) is 0 Å². The van der Waals surface area contributed by atoms with Gasteiger partial charge in [0.15, 0.2) is 5.84 Å². The monoisotopic (exact) mass is 299 g/mol. The van der Waals surface area contributed by atoms with Gasteiger partial charge >= 0.3 is 0 Å². The van der Waals surface area contributed by atoms with Gasteiger partial charge in [-0.1, -0.05) is 5.16 Å². The molecule has 1 atom stereocenters. The second-order valence-electron chi connectivity index (χ2n) is 4.64. The molecule has 0 aliphatic rings. The molecule has 0 saturated carbocycles. The Morgan fingerprint density at radius 1 is 1.43 bits per heavy atom. The summed E-state index contributed by atoms with van der Waals surface area (Å²) in [7, 11) is 3.19. The summed E-state index contributed by atoms with van der Waals surface area (Å²) in [5, 5.41) is 11.5. The van der Waals surface area contributed by atoms with E-state index in [4.69, 9.17) is 20.4 Å². The van der Waals surface area contributed by atoms with Crippen LogP contribution in [-0.2, 0) is 9.47 Å². The number of benzene rings is 1. The Hall–Kier alpha value is -1.86. The molecule has 3 N–H and O–H groups in total. The maximum Gasteiger partial charge on any atom is 0.170 e. The molecule has 7 heteroatoms. The van der Waals surface area contributed by atoms with E-state index in [0.717, 1.165) is 0 Å². The maximum atomic E-state index is 14.3. The molecule has 21 heavy (non-hydrogen) atoms. The molecule has 0 saturated heterocycles. The van der Waals surface area contributed by atoms with Gasteiger partial charge in [-0.15, -0.1) is 0 Å². The lowest BCUT2D eigenvalue weighted by molar-refractivity contribution is 0.170. The number of nitrogens with two attached hydrogens (primary N) is 1. The molecule has 118 valence electrons. The van der Waals surface area contributed by atoms with Gasteiger partial charge in [0.05, 0.1) is 18.9 Å². The van der Waals surface area contributed by atoms with Crippen molar-refractivity contribution in [3.05, 3.63) is 29.6 Å². The van der Waals surface area contributed by atoms with Crippen LogP contribution in [0.15, 0.2) is 23.4 Å². The van der Waals surface area contributed by atoms with Crippen LogP contribution in [0.1, 0.15) is 12.5 Å². The molecule has 0 amide bonds. The highest BCUT2D eigenvalue weighted by Crippen LogP contribution is 2.22. The Balaban J connectivity index is 3.06. The summed E-state index contributed by atoms with van der Waals surface area (Å²) in [6.07, 6.45) is 0. The molecule has 0 radical (unpaired) electrons. The number of methoxy groups -OCH3 is 2. The number of rotatable bonds is 8. The molecule has 0 spiro atoms. The zero-order chi connectivity index (χ0) is 15.8. The van der Waals surface area contributed by atoms with Gasteiger partial charge in [-0.2, -0.15) is 0 Å². The first-order chi connectivity index (χ1) is 10.0. The number of halogens is 1. The normalized spacial score (nSPS) is 13.2. The van der Waals surface area contributed by atoms with Crippen molar-refractivity contribution in [2.45, 2.75) is 13.0 Å². The van der Waals surface area contributed by atoms with E-state index in [0.29, 0.717) is 31.0 Å². The van der Waals surface area contributed by atoms with Gasteiger partial charge in [-0.25, -0.2) is 4.39 Å². The summed E-state index contributed by atoms with van der Waals surface area (Å²) >= 11 is 0. The third kappa shape index (κ3) is 4.57. The van der Waals surface area contributed by atoms with E-state index in [1.54, 1.807) is 26.4 Å². The Morgan fingerprint density at radius 2 is 2.14 bits per heavy atom. The third-order valence-electron chi connectivity index (χ3n) is 3.14. The van der Waals surface area contributed by atoms with Crippen molar-refractivity contribution < 1.29 is 19.1 Å². The van der Waals surface area contributed by atoms with Crippen LogP contribution in [0.2, 0.25) is 0 Å². The summed E-state index contributed by atoms with van der Waals surface area (Å²) < 4.78 is 24.5. The first kappa shape index (κ1) is 17.2. The number of anilines is 1. The number of amidine groups is 1. The van der Waals surface area contributed by atoms with Crippen molar-refractivity contribution in [1.29, 1.82) is 0 Å². The summed E-state index contributed by atoms with van der Waals surface area (Å²) in [5.41, 5.74) is 6.20. The van der Waals surface area contributed by atoms with Gasteiger partial charge in [0, 0.05) is 32.4 Å². The largest absolute Gasteiger partial charge is 0.409 e. The van der Waals surface area contributed by atoms with Crippen LogP contribution in [0.3, 0.4) is 0 Å². The van der Waals surface area contributed by atoms with E-state index in [1.165, 1.54) is 6.07 Å². The Labute approximate surface area is 123 Å². The lowest BCUT2D eigenvalue weighted by atomic mass is 10.1. The van der Waals surface area contributed by atoms with Crippen LogP contribution in [-0.4, -0.2) is 51.1 Å². The average molecular weight is 299 g/mol. The topological polar surface area (TPSA) is 80.3 Å². The standard InChI is InChI=1S/C14H22FN3O3/c1-10(9-21-3)18(6-7-20-2)13-5-4-11(8-12(13)15)14(16)17-19/h4-5,8,10,19H,6-7,9H2,1-3H3,(H2,16,17). The van der Waals surface area contributed by atoms with Crippen molar-refractivity contribution in [2.75, 3.05) is 38.9 Å². The maximum absolute atomic E-state index is 14.3. The smallest absolute Gasteiger partial charge is 0.170 e. The van der Waals surface area contributed by atoms with E-state index >= 15 is 0 Å². The zero-order valence-electron chi connectivity index (χ0n) is 12.5. The fourth-order valence-electron chi connectivity index (χ4n) is 2.06. The Morgan fingerprint density at radius 3 is 2.67 bits per heavy atom. The number of ether oxygens (including phenoxy) is 2. The summed E-state index contributed by atoms with van der Waals surface area (Å²) in [4.78, 5) is 1.86. The molecule has 1 aromatic rings. The van der Waals surface area contributed by atoms with E-state index in [9.17, 15) is 4.39 Å². The Kier molecular flexibility index (Phi) is 6.90. The van der Waals surface area contributed by atoms with Crippen molar-refractivity contribution in [3.63, 3.8) is 0 Å². The molecule has 1 rings (SSSR count). The molecule has 0 aliphatic carbocycles. The van der Waals surface area contributed by atoms with E-state index in [-0.39, 0.29) is 11.9 Å². The summed E-state index contributed by atoms with van der Waals surface area (Å²) in [6, 6.07) is 4.43. The van der Waals surface area contributed by atoms with Gasteiger partial charge in [0.25, 0.3) is 0 Å². The van der Waals surface area contributed by atoms with Crippen LogP contribution in [0.4, 0.5) is 10.1 Å². The molecular formula is C14H22FN3O3. The van der Waals surface area contributed by atoms with Gasteiger partial charge < -0.3 is 25.3 Å². The minimum Gasteiger partial charge on any atom is -0.409 e. The number of hydrogen-bond acceptors (Lipinski definition) is 5. The number of oxime groups is 1. The molecule has 0 fully saturated rings. The van der Waals surface area contributed by atoms with Gasteiger partial charge in [0.1, 0.15) is 5.82 Å². The van der Waals surface area contributed by atoms with Gasteiger partial charge in [-0.3, -0.25) is 0 Å². The Bertz CT molecular complexity index is 483. The first-order valence-electron chi connectivity index (χ1n) is 6.57. The minimum absolute atomic E-state index is 0.0191. The fraction of sp³-hybridized carbons (Fsp3) is 0.500. The molecule has 1 aromatic carbocycles. The van der Waals surface area contributed by atoms with Gasteiger partial charge in [0.2, 0.25) is 0 Å². The third-order valence-corrected chi connectivity index (χ3v) is 3.14. The number of hydrogen-bond donors (Lipinski definition) is 2. The van der Waals surface area contributed by atoms with Crippen LogP contribution < -0.4 is 10.6 Å². The van der Waals surface area contributed by atoms with Crippen LogP contribution in [0, 0.1) is 5.82 Å². The molecule has 6 nitrogen and oxygen atoms in total. The van der Waals surface area contributed by atoms with Crippen LogP contribution in [0.25, 0.3) is 0 Å². The van der Waals surface area contributed by atoms with Crippen LogP contribution in [0.5, 0.6) is 0 Å². The predicted octanol–water partition coefficient (Wildman–Crippen LogP) is 1.41. The summed E-state index contributed by atoms with van der Waals surface area (Å²) in [5.74, 6) is -0.577. The highest BCUT2D eigenvalue weighted by Gasteiger charge is 2.18. The molecule has 0 aromatic heterocycles. The lowest BCUT2D eigenvalue weighted by Crippen LogP contribution is -2.39. The number of nitrogens with zero attached hydrogens (tertiary/aromatic N) is 2. The molecule has 0 bridgehead atoms.